The van der Waals surface area contributed by atoms with Gasteiger partial charge in [-0.2, -0.15) is 5.10 Å². The van der Waals surface area contributed by atoms with Crippen LogP contribution < -0.4 is 0 Å². The Hall–Kier alpha value is -3.09. The minimum atomic E-state index is -0.758. The molecule has 6 heteroatoms. The molecule has 0 bridgehead atoms. The van der Waals surface area contributed by atoms with Crippen LogP contribution in [0.1, 0.15) is 54.6 Å². The average Bonchev–Trinajstić information content (AvgIpc) is 3.23. The summed E-state index contributed by atoms with van der Waals surface area (Å²) in [6, 6.07) is 15.1. The van der Waals surface area contributed by atoms with Crippen LogP contribution in [0, 0.1) is 12.8 Å². The van der Waals surface area contributed by atoms with E-state index in [-0.39, 0.29) is 5.41 Å². The second-order valence-electron chi connectivity index (χ2n) is 10.9. The van der Waals surface area contributed by atoms with Gasteiger partial charge in [-0.25, -0.2) is 4.68 Å². The van der Waals surface area contributed by atoms with Crippen molar-refractivity contribution in [3.05, 3.63) is 83.6 Å². The normalized spacial score (nSPS) is 25.8. The van der Waals surface area contributed by atoms with Gasteiger partial charge in [-0.05, 0) is 105 Å². The number of pyridine rings is 2. The number of fused-ring (bicyclic) bond motifs is 4. The number of ether oxygens (including phenoxy) is 1. The molecule has 1 aromatic carbocycles. The van der Waals surface area contributed by atoms with Gasteiger partial charge in [0.25, 0.3) is 0 Å². The summed E-state index contributed by atoms with van der Waals surface area (Å²) in [5.41, 5.74) is 6.28. The number of benzene rings is 1. The molecule has 4 aromatic rings. The number of hydrogen-bond donors (Lipinski definition) is 1. The molecular formula is C30H34N4O2. The van der Waals surface area contributed by atoms with E-state index in [4.69, 9.17) is 14.8 Å². The number of rotatable bonds is 5. The molecule has 0 amide bonds. The van der Waals surface area contributed by atoms with Gasteiger partial charge in [0, 0.05) is 41.7 Å². The molecule has 3 aromatic heterocycles. The summed E-state index contributed by atoms with van der Waals surface area (Å²) in [5, 5.41) is 17.3. The van der Waals surface area contributed by atoms with Crippen molar-refractivity contribution in [3.8, 4) is 5.69 Å². The number of aliphatic hydroxyl groups is 1. The highest BCUT2D eigenvalue weighted by Crippen LogP contribution is 2.54. The van der Waals surface area contributed by atoms with E-state index in [1.165, 1.54) is 11.1 Å². The fourth-order valence-corrected chi connectivity index (χ4v) is 6.90. The molecule has 186 valence electrons. The number of aryl methyl sites for hydroxylation is 2. The zero-order valence-corrected chi connectivity index (χ0v) is 21.2. The molecule has 1 saturated carbocycles. The zero-order valence-electron chi connectivity index (χ0n) is 21.2. The van der Waals surface area contributed by atoms with Gasteiger partial charge in [0.2, 0.25) is 0 Å². The Kier molecular flexibility index (Phi) is 5.89. The fraction of sp³-hybridized carbons (Fsp3) is 0.433. The fourth-order valence-electron chi connectivity index (χ4n) is 6.90. The summed E-state index contributed by atoms with van der Waals surface area (Å²) >= 11 is 0. The molecule has 3 atom stereocenters. The molecule has 36 heavy (non-hydrogen) atoms. The first-order valence-electron chi connectivity index (χ1n) is 13.1. The maximum atomic E-state index is 11.4. The third-order valence-electron chi connectivity index (χ3n) is 8.53. The molecule has 0 saturated heterocycles. The molecule has 6 rings (SSSR count). The Morgan fingerprint density at radius 3 is 2.83 bits per heavy atom. The molecule has 0 spiro atoms. The van der Waals surface area contributed by atoms with Crippen molar-refractivity contribution >= 4 is 10.9 Å². The monoisotopic (exact) mass is 482 g/mol. The molecule has 6 nitrogen and oxygen atoms in total. The highest BCUT2D eigenvalue weighted by molar-refractivity contribution is 5.82. The summed E-state index contributed by atoms with van der Waals surface area (Å²) < 4.78 is 7.49. The Morgan fingerprint density at radius 1 is 1.11 bits per heavy atom. The van der Waals surface area contributed by atoms with E-state index in [0.29, 0.717) is 12.5 Å². The van der Waals surface area contributed by atoms with Gasteiger partial charge in [-0.1, -0.05) is 6.07 Å². The van der Waals surface area contributed by atoms with Crippen LogP contribution >= 0.6 is 0 Å². The maximum absolute atomic E-state index is 11.4. The Balaban J connectivity index is 1.50. The Bertz CT molecular complexity index is 1380. The van der Waals surface area contributed by atoms with Gasteiger partial charge in [-0.3, -0.25) is 9.97 Å². The standard InChI is InChI=1S/C30H34N4O2/c1-21-14-26(9-13-31-21)34-28-16-22-6-5-7-24-17-29(35,20-36-2)10-11-30(24,18-25-8-3-4-12-32-25)27(22)15-23(28)19-33-34/h3-4,8-9,12-16,19,24,35H,5-7,10-11,17-18,20H2,1-2H3. The van der Waals surface area contributed by atoms with E-state index < -0.39 is 5.60 Å². The minimum absolute atomic E-state index is 0.0658. The van der Waals surface area contributed by atoms with Crippen molar-refractivity contribution in [2.45, 2.75) is 62.9 Å². The van der Waals surface area contributed by atoms with Crippen LogP contribution in [-0.2, 0) is 23.0 Å². The first-order chi connectivity index (χ1) is 17.5. The minimum Gasteiger partial charge on any atom is -0.387 e. The number of aromatic nitrogens is 4. The lowest BCUT2D eigenvalue weighted by Gasteiger charge is -2.50. The van der Waals surface area contributed by atoms with Gasteiger partial charge >= 0.3 is 0 Å². The second kappa shape index (κ2) is 9.09. The molecule has 2 aliphatic rings. The summed E-state index contributed by atoms with van der Waals surface area (Å²) in [5.74, 6) is 0.366. The lowest BCUT2D eigenvalue weighted by molar-refractivity contribution is -0.0899. The van der Waals surface area contributed by atoms with Crippen LogP contribution in [0.25, 0.3) is 16.6 Å². The van der Waals surface area contributed by atoms with Crippen LogP contribution in [0.4, 0.5) is 0 Å². The van der Waals surface area contributed by atoms with Gasteiger partial charge in [0.1, 0.15) is 0 Å². The molecule has 3 unspecified atom stereocenters. The topological polar surface area (TPSA) is 73.1 Å². The van der Waals surface area contributed by atoms with Crippen LogP contribution in [-0.4, -0.2) is 44.2 Å². The van der Waals surface area contributed by atoms with Gasteiger partial charge < -0.3 is 9.84 Å². The predicted octanol–water partition coefficient (Wildman–Crippen LogP) is 5.12. The van der Waals surface area contributed by atoms with E-state index >= 15 is 0 Å². The van der Waals surface area contributed by atoms with E-state index in [1.807, 2.05) is 42.3 Å². The lowest BCUT2D eigenvalue weighted by atomic mass is 9.56. The Labute approximate surface area is 212 Å². The average molecular weight is 483 g/mol. The van der Waals surface area contributed by atoms with Crippen LogP contribution in [0.15, 0.2) is 61.1 Å². The van der Waals surface area contributed by atoms with Crippen molar-refractivity contribution in [2.75, 3.05) is 13.7 Å². The first-order valence-corrected chi connectivity index (χ1v) is 13.1. The highest BCUT2D eigenvalue weighted by Gasteiger charge is 2.51. The third kappa shape index (κ3) is 4.02. The first kappa shape index (κ1) is 23.3. The number of hydrogen-bond acceptors (Lipinski definition) is 5. The lowest BCUT2D eigenvalue weighted by Crippen LogP contribution is -2.51. The summed E-state index contributed by atoms with van der Waals surface area (Å²) in [6.07, 6.45) is 12.3. The Morgan fingerprint density at radius 2 is 2.03 bits per heavy atom. The quantitative estimate of drug-likeness (QED) is 0.428. The van der Waals surface area contributed by atoms with E-state index in [0.717, 1.165) is 72.9 Å². The number of methoxy groups -OCH3 is 1. The molecular weight excluding hydrogens is 448 g/mol. The molecule has 3 heterocycles. The van der Waals surface area contributed by atoms with Crippen LogP contribution in [0.3, 0.4) is 0 Å². The van der Waals surface area contributed by atoms with E-state index in [1.54, 1.807) is 7.11 Å². The molecule has 0 radical (unpaired) electrons. The highest BCUT2D eigenvalue weighted by atomic mass is 16.5. The van der Waals surface area contributed by atoms with Crippen LogP contribution in [0.2, 0.25) is 0 Å². The third-order valence-corrected chi connectivity index (χ3v) is 8.53. The van der Waals surface area contributed by atoms with Crippen molar-refractivity contribution in [3.63, 3.8) is 0 Å². The van der Waals surface area contributed by atoms with E-state index in [9.17, 15) is 5.11 Å². The molecule has 2 aliphatic carbocycles. The summed E-state index contributed by atoms with van der Waals surface area (Å²) in [6.45, 7) is 2.41. The van der Waals surface area contributed by atoms with Crippen molar-refractivity contribution in [1.29, 1.82) is 0 Å². The summed E-state index contributed by atoms with van der Waals surface area (Å²) in [4.78, 5) is 9.09. The van der Waals surface area contributed by atoms with Crippen LogP contribution in [0.5, 0.6) is 0 Å². The van der Waals surface area contributed by atoms with E-state index in [2.05, 4.69) is 35.3 Å². The number of nitrogens with zero attached hydrogens (tertiary/aromatic N) is 4. The smallest absolute Gasteiger partial charge is 0.0883 e. The zero-order chi connectivity index (χ0) is 24.8. The molecule has 1 N–H and O–H groups in total. The SMILES string of the molecule is COCC1(O)CCC2(Cc3ccccn3)c3cc4cnn(-c5ccnc(C)c5)c4cc3CCCC2C1. The predicted molar refractivity (Wildman–Crippen MR) is 140 cm³/mol. The molecule has 1 fully saturated rings. The van der Waals surface area contributed by atoms with Crippen molar-refractivity contribution in [1.82, 2.24) is 19.7 Å². The van der Waals surface area contributed by atoms with Gasteiger partial charge in [0.15, 0.2) is 0 Å². The molecule has 0 aliphatic heterocycles. The van der Waals surface area contributed by atoms with Crippen molar-refractivity contribution in [2.24, 2.45) is 5.92 Å². The van der Waals surface area contributed by atoms with Crippen molar-refractivity contribution < 1.29 is 9.84 Å². The largest absolute Gasteiger partial charge is 0.387 e. The second-order valence-corrected chi connectivity index (χ2v) is 10.9. The van der Waals surface area contributed by atoms with Gasteiger partial charge in [0.05, 0.1) is 29.6 Å². The maximum Gasteiger partial charge on any atom is 0.0883 e. The van der Waals surface area contributed by atoms with Gasteiger partial charge in [-0.15, -0.1) is 0 Å². The summed E-state index contributed by atoms with van der Waals surface area (Å²) in [7, 11) is 1.69.